The van der Waals surface area contributed by atoms with Crippen LogP contribution in [-0.4, -0.2) is 96.2 Å². The monoisotopic (exact) mass is 636 g/mol. The number of aliphatic hydroxyl groups is 1. The summed E-state index contributed by atoms with van der Waals surface area (Å²) in [5.41, 5.74) is 0.835. The molecule has 13 nitrogen and oxygen atoms in total. The molecule has 240 valence electrons. The van der Waals surface area contributed by atoms with Gasteiger partial charge in [0, 0.05) is 62.6 Å². The number of rotatable bonds is 6. The Bertz CT molecular complexity index is 1820. The van der Waals surface area contributed by atoms with Crippen LogP contribution >= 0.6 is 0 Å². The van der Waals surface area contributed by atoms with Gasteiger partial charge in [0.1, 0.15) is 6.54 Å². The second-order valence-electron chi connectivity index (χ2n) is 11.3. The number of halogens is 3. The van der Waals surface area contributed by atoms with E-state index >= 15 is 0 Å². The van der Waals surface area contributed by atoms with Gasteiger partial charge in [0.15, 0.2) is 17.2 Å². The predicted molar refractivity (Wildman–Crippen MR) is 159 cm³/mol. The molecule has 0 unspecified atom stereocenters. The number of aromatic nitrogens is 5. The van der Waals surface area contributed by atoms with Crippen molar-refractivity contribution in [3.05, 3.63) is 59.8 Å². The number of carbonyl (C=O) groups excluding carboxylic acids is 2. The molecule has 1 aromatic carbocycles. The lowest BCUT2D eigenvalue weighted by molar-refractivity contribution is -0.142. The number of fused-ring (bicyclic) bond motifs is 1. The highest BCUT2D eigenvalue weighted by Gasteiger charge is 2.38. The molecule has 2 aliphatic heterocycles. The summed E-state index contributed by atoms with van der Waals surface area (Å²) < 4.78 is 43.7. The average Bonchev–Trinajstić information content (AvgIpc) is 3.66. The number of piperidine rings is 1. The van der Waals surface area contributed by atoms with Gasteiger partial charge in [0.05, 0.1) is 35.5 Å². The Morgan fingerprint density at radius 2 is 1.93 bits per heavy atom. The number of piperazine rings is 1. The van der Waals surface area contributed by atoms with Gasteiger partial charge in [-0.05, 0) is 43.7 Å². The van der Waals surface area contributed by atoms with E-state index < -0.39 is 23.9 Å². The van der Waals surface area contributed by atoms with E-state index in [1.807, 2.05) is 0 Å². The Hall–Kier alpha value is -5.01. The van der Waals surface area contributed by atoms with E-state index in [-0.39, 0.29) is 41.1 Å². The fraction of sp³-hybridized carbons (Fsp3) is 0.400. The summed E-state index contributed by atoms with van der Waals surface area (Å²) in [6.07, 6.45) is 0.494. The van der Waals surface area contributed by atoms with Crippen molar-refractivity contribution in [2.24, 2.45) is 5.92 Å². The molecule has 0 bridgehead atoms. The van der Waals surface area contributed by atoms with Crippen LogP contribution in [0.15, 0.2) is 43.0 Å². The number of benzene rings is 1. The minimum atomic E-state index is -4.74. The lowest BCUT2D eigenvalue weighted by Gasteiger charge is -2.38. The van der Waals surface area contributed by atoms with Crippen LogP contribution in [0.5, 0.6) is 0 Å². The molecule has 6 rings (SSSR count). The molecule has 0 radical (unpaired) electrons. The Morgan fingerprint density at radius 1 is 1.17 bits per heavy atom. The molecule has 4 aromatic rings. The molecule has 16 heteroatoms. The Labute approximate surface area is 261 Å². The van der Waals surface area contributed by atoms with E-state index in [4.69, 9.17) is 5.26 Å². The van der Waals surface area contributed by atoms with Crippen LogP contribution in [-0.2, 0) is 17.5 Å². The van der Waals surface area contributed by atoms with Crippen molar-refractivity contribution in [2.75, 3.05) is 44.6 Å². The van der Waals surface area contributed by atoms with Crippen molar-refractivity contribution in [3.8, 4) is 17.3 Å². The summed E-state index contributed by atoms with van der Waals surface area (Å²) >= 11 is 0. The standard InChI is InChI=1S/C30H31F3N10O3/c1-18-14-19(2-3-20(18)28(45)40-10-12-41(13-11-40)29(46)21-4-6-35-16-24(21)44)38-26-27-37-15-23(43(27)9-7-36-26)22-17-42(8-5-34)39-25(22)30(31,32)33/h2-3,7,9,14-15,17,21,24,35,44H,4,6,8,10-13,16H2,1H3,(H,36,38)/t21-,24-/m1/s1. The highest BCUT2D eigenvalue weighted by atomic mass is 19.4. The van der Waals surface area contributed by atoms with Gasteiger partial charge in [-0.3, -0.25) is 18.7 Å². The van der Waals surface area contributed by atoms with Crippen LogP contribution in [0.4, 0.5) is 24.7 Å². The molecule has 46 heavy (non-hydrogen) atoms. The topological polar surface area (TPSA) is 157 Å². The fourth-order valence-electron chi connectivity index (χ4n) is 5.96. The predicted octanol–water partition coefficient (Wildman–Crippen LogP) is 2.44. The second kappa shape index (κ2) is 12.4. The minimum absolute atomic E-state index is 0.0733. The molecule has 2 amide bonds. The smallest absolute Gasteiger partial charge is 0.391 e. The van der Waals surface area contributed by atoms with Gasteiger partial charge < -0.3 is 25.5 Å². The van der Waals surface area contributed by atoms with E-state index in [1.54, 1.807) is 41.0 Å². The molecule has 2 saturated heterocycles. The van der Waals surface area contributed by atoms with E-state index in [0.717, 1.165) is 4.68 Å². The maximum absolute atomic E-state index is 13.8. The van der Waals surface area contributed by atoms with Crippen molar-refractivity contribution >= 4 is 29.0 Å². The molecule has 0 saturated carbocycles. The highest BCUT2D eigenvalue weighted by molar-refractivity contribution is 5.96. The number of alkyl halides is 3. The first-order valence-electron chi connectivity index (χ1n) is 14.7. The number of aliphatic hydroxyl groups excluding tert-OH is 1. The molecule has 2 atom stereocenters. The van der Waals surface area contributed by atoms with Crippen LogP contribution in [0.25, 0.3) is 16.9 Å². The molecule has 3 N–H and O–H groups in total. The quantitative estimate of drug-likeness (QED) is 0.289. The maximum Gasteiger partial charge on any atom is 0.435 e. The largest absolute Gasteiger partial charge is 0.435 e. The average molecular weight is 637 g/mol. The van der Waals surface area contributed by atoms with Crippen LogP contribution in [0.1, 0.15) is 28.0 Å². The number of nitrogens with one attached hydrogen (secondary N) is 2. The third-order valence-corrected chi connectivity index (χ3v) is 8.33. The van der Waals surface area contributed by atoms with E-state index in [2.05, 4.69) is 25.7 Å². The first-order chi connectivity index (χ1) is 22.0. The molecular formula is C30H31F3N10O3. The number of anilines is 2. The Kier molecular flexibility index (Phi) is 8.36. The van der Waals surface area contributed by atoms with Crippen LogP contribution in [0.2, 0.25) is 0 Å². The molecular weight excluding hydrogens is 605 g/mol. The van der Waals surface area contributed by atoms with E-state index in [0.29, 0.717) is 62.5 Å². The molecule has 3 aromatic heterocycles. The first-order valence-corrected chi connectivity index (χ1v) is 14.7. The summed E-state index contributed by atoms with van der Waals surface area (Å²) in [7, 11) is 0. The van der Waals surface area contributed by atoms with Crippen molar-refractivity contribution in [1.82, 2.24) is 39.3 Å². The highest BCUT2D eigenvalue weighted by Crippen LogP contribution is 2.37. The van der Waals surface area contributed by atoms with Crippen LogP contribution < -0.4 is 10.6 Å². The van der Waals surface area contributed by atoms with Gasteiger partial charge in [-0.2, -0.15) is 23.5 Å². The minimum Gasteiger partial charge on any atom is -0.391 e. The van der Waals surface area contributed by atoms with Gasteiger partial charge in [-0.15, -0.1) is 0 Å². The number of amides is 2. The summed E-state index contributed by atoms with van der Waals surface area (Å²) in [4.78, 5) is 38.4. The SMILES string of the molecule is Cc1cc(Nc2nccn3c(-c4cn(CC#N)nc4C(F)(F)F)cnc23)ccc1C(=O)N1CCN(C(=O)[C@@H]2CCNC[C@H]2O)CC1. The van der Waals surface area contributed by atoms with Gasteiger partial charge in [0.2, 0.25) is 5.91 Å². The van der Waals surface area contributed by atoms with Crippen molar-refractivity contribution < 1.29 is 27.9 Å². The number of β-amino-alcohol motifs (C(OH)–C–C–N with tert-alkyl or cyclic N) is 1. The third kappa shape index (κ3) is 5.98. The van der Waals surface area contributed by atoms with Gasteiger partial charge in [0.25, 0.3) is 5.91 Å². The molecule has 5 heterocycles. The Balaban J connectivity index is 1.16. The molecule has 0 aliphatic carbocycles. The van der Waals surface area contributed by atoms with E-state index in [1.165, 1.54) is 29.2 Å². The Morgan fingerprint density at radius 3 is 2.63 bits per heavy atom. The zero-order valence-electron chi connectivity index (χ0n) is 24.8. The summed E-state index contributed by atoms with van der Waals surface area (Å²) in [6, 6.07) is 6.97. The number of aryl methyl sites for hydroxylation is 1. The number of nitriles is 1. The number of hydrogen-bond donors (Lipinski definition) is 3. The van der Waals surface area contributed by atoms with Gasteiger partial charge in [-0.1, -0.05) is 0 Å². The summed E-state index contributed by atoms with van der Waals surface area (Å²) in [5.74, 6) is -0.375. The zero-order chi connectivity index (χ0) is 32.6. The lowest BCUT2D eigenvalue weighted by atomic mass is 9.93. The second-order valence-corrected chi connectivity index (χ2v) is 11.3. The van der Waals surface area contributed by atoms with Crippen LogP contribution in [0, 0.1) is 24.2 Å². The van der Waals surface area contributed by atoms with Crippen molar-refractivity contribution in [2.45, 2.75) is 32.2 Å². The van der Waals surface area contributed by atoms with Crippen molar-refractivity contribution in [3.63, 3.8) is 0 Å². The summed E-state index contributed by atoms with van der Waals surface area (Å²) in [6.45, 7) is 4.09. The molecule has 0 spiro atoms. The molecule has 2 aliphatic rings. The van der Waals surface area contributed by atoms with Gasteiger partial charge in [-0.25, -0.2) is 9.97 Å². The number of hydrogen-bond acceptors (Lipinski definition) is 9. The first kappa shape index (κ1) is 31.0. The fourth-order valence-corrected chi connectivity index (χ4v) is 5.96. The number of imidazole rings is 1. The van der Waals surface area contributed by atoms with Crippen molar-refractivity contribution in [1.29, 1.82) is 5.26 Å². The van der Waals surface area contributed by atoms with Crippen LogP contribution in [0.3, 0.4) is 0 Å². The lowest BCUT2D eigenvalue weighted by Crippen LogP contribution is -2.55. The summed E-state index contributed by atoms with van der Waals surface area (Å²) in [5, 5.41) is 29.0. The third-order valence-electron chi connectivity index (χ3n) is 8.33. The van der Waals surface area contributed by atoms with E-state index in [9.17, 15) is 27.9 Å². The van der Waals surface area contributed by atoms with Gasteiger partial charge >= 0.3 is 6.18 Å². The maximum atomic E-state index is 13.8. The molecule has 2 fully saturated rings. The number of nitrogens with zero attached hydrogens (tertiary/aromatic N) is 8. The zero-order valence-corrected chi connectivity index (χ0v) is 24.8. The number of carbonyl (C=O) groups is 2. The normalized spacial score (nSPS) is 18.9.